The minimum Gasteiger partial charge on any atom is -0.493 e. The third-order valence-electron chi connectivity index (χ3n) is 3.38. The van der Waals surface area contributed by atoms with Crippen LogP contribution in [0, 0.1) is 0 Å². The van der Waals surface area contributed by atoms with Crippen LogP contribution in [-0.4, -0.2) is 21.1 Å². The quantitative estimate of drug-likeness (QED) is 0.845. The number of hydrogen-bond acceptors (Lipinski definition) is 4. The van der Waals surface area contributed by atoms with E-state index in [4.69, 9.17) is 27.9 Å². The Hall–Kier alpha value is -1.96. The Labute approximate surface area is 148 Å². The molecule has 2 aromatic carbocycles. The third kappa shape index (κ3) is 3.58. The number of halogens is 2. The van der Waals surface area contributed by atoms with Crippen LogP contribution in [0.15, 0.2) is 41.3 Å². The number of urea groups is 1. The zero-order valence-electron chi connectivity index (χ0n) is 12.2. The standard InChI is InChI=1S/C15H12Cl2N2O4S/c16-12-3-1-10(8-13(12)17)18-15(20)19-24(21,22)11-2-4-14-9(7-11)5-6-23-14/h1-4,7-8H,5-6H2,(H2,18,19,20). The molecule has 2 N–H and O–H groups in total. The van der Waals surface area contributed by atoms with Crippen LogP contribution in [0.3, 0.4) is 0 Å². The van der Waals surface area contributed by atoms with Gasteiger partial charge < -0.3 is 10.1 Å². The van der Waals surface area contributed by atoms with Crippen LogP contribution < -0.4 is 14.8 Å². The van der Waals surface area contributed by atoms with Crippen molar-refractivity contribution in [3.8, 4) is 5.75 Å². The van der Waals surface area contributed by atoms with E-state index in [0.717, 1.165) is 5.56 Å². The van der Waals surface area contributed by atoms with Gasteiger partial charge in [-0.25, -0.2) is 17.9 Å². The number of ether oxygens (including phenoxy) is 1. The highest BCUT2D eigenvalue weighted by atomic mass is 35.5. The summed E-state index contributed by atoms with van der Waals surface area (Å²) in [5.41, 5.74) is 1.11. The first-order valence-electron chi connectivity index (χ1n) is 6.90. The van der Waals surface area contributed by atoms with Gasteiger partial charge in [-0.2, -0.15) is 0 Å². The molecule has 6 nitrogen and oxygen atoms in total. The third-order valence-corrected chi connectivity index (χ3v) is 5.44. The summed E-state index contributed by atoms with van der Waals surface area (Å²) in [6.45, 7) is 0.518. The summed E-state index contributed by atoms with van der Waals surface area (Å²) in [5, 5.41) is 2.97. The largest absolute Gasteiger partial charge is 0.493 e. The lowest BCUT2D eigenvalue weighted by Crippen LogP contribution is -2.34. The van der Waals surface area contributed by atoms with Crippen molar-refractivity contribution >= 4 is 44.9 Å². The number of sulfonamides is 1. The molecule has 0 atom stereocenters. The summed E-state index contributed by atoms with van der Waals surface area (Å²) in [7, 11) is -4.00. The van der Waals surface area contributed by atoms with E-state index in [-0.39, 0.29) is 9.92 Å². The van der Waals surface area contributed by atoms with Crippen LogP contribution in [0.4, 0.5) is 10.5 Å². The van der Waals surface area contributed by atoms with Crippen molar-refractivity contribution < 1.29 is 17.9 Å². The molecule has 0 bridgehead atoms. The lowest BCUT2D eigenvalue weighted by atomic mass is 10.2. The predicted molar refractivity (Wildman–Crippen MR) is 91.4 cm³/mol. The summed E-state index contributed by atoms with van der Waals surface area (Å²) in [6.07, 6.45) is 0.633. The lowest BCUT2D eigenvalue weighted by Gasteiger charge is -2.10. The second kappa shape index (κ2) is 6.51. The summed E-state index contributed by atoms with van der Waals surface area (Å²) in [4.78, 5) is 11.9. The van der Waals surface area contributed by atoms with E-state index in [2.05, 4.69) is 5.32 Å². The van der Waals surface area contributed by atoms with E-state index in [1.807, 2.05) is 4.72 Å². The molecule has 126 valence electrons. The fourth-order valence-corrected chi connectivity index (χ4v) is 3.50. The number of anilines is 1. The Morgan fingerprint density at radius 2 is 1.88 bits per heavy atom. The Morgan fingerprint density at radius 3 is 2.62 bits per heavy atom. The average molecular weight is 387 g/mol. The zero-order chi connectivity index (χ0) is 17.3. The van der Waals surface area contributed by atoms with Crippen molar-refractivity contribution in [2.24, 2.45) is 0 Å². The summed E-state index contributed by atoms with van der Waals surface area (Å²) in [5.74, 6) is 0.661. The van der Waals surface area contributed by atoms with Gasteiger partial charge in [-0.3, -0.25) is 0 Å². The molecule has 0 radical (unpaired) electrons. The molecule has 2 aromatic rings. The number of benzene rings is 2. The monoisotopic (exact) mass is 386 g/mol. The molecule has 0 aromatic heterocycles. The summed E-state index contributed by atoms with van der Waals surface area (Å²) >= 11 is 11.6. The van der Waals surface area contributed by atoms with Gasteiger partial charge in [0.25, 0.3) is 10.0 Å². The molecular formula is C15H12Cl2N2O4S. The van der Waals surface area contributed by atoms with Crippen LogP contribution in [0.25, 0.3) is 0 Å². The molecule has 0 spiro atoms. The van der Waals surface area contributed by atoms with E-state index in [9.17, 15) is 13.2 Å². The van der Waals surface area contributed by atoms with E-state index in [0.29, 0.717) is 29.5 Å². The smallest absolute Gasteiger partial charge is 0.333 e. The van der Waals surface area contributed by atoms with Crippen LogP contribution in [0.1, 0.15) is 5.56 Å². The normalized spacial score (nSPS) is 13.1. The first-order valence-corrected chi connectivity index (χ1v) is 9.14. The molecular weight excluding hydrogens is 375 g/mol. The second-order valence-corrected chi connectivity index (χ2v) is 7.55. The van der Waals surface area contributed by atoms with Gasteiger partial charge >= 0.3 is 6.03 Å². The molecule has 0 unspecified atom stereocenters. The van der Waals surface area contributed by atoms with E-state index < -0.39 is 16.1 Å². The van der Waals surface area contributed by atoms with Crippen molar-refractivity contribution in [1.82, 2.24) is 4.72 Å². The number of hydrogen-bond donors (Lipinski definition) is 2. The van der Waals surface area contributed by atoms with E-state index >= 15 is 0 Å². The molecule has 0 fully saturated rings. The lowest BCUT2D eigenvalue weighted by molar-refractivity contribution is 0.256. The Bertz CT molecular complexity index is 916. The molecule has 3 rings (SSSR count). The summed E-state index contributed by atoms with van der Waals surface area (Å²) < 4.78 is 31.9. The maximum atomic E-state index is 12.3. The van der Waals surface area contributed by atoms with Gasteiger partial charge in [0.05, 0.1) is 21.5 Å². The number of carbonyl (C=O) groups is 1. The SMILES string of the molecule is O=C(Nc1ccc(Cl)c(Cl)c1)NS(=O)(=O)c1ccc2c(c1)CCO2. The number of nitrogens with one attached hydrogen (secondary N) is 2. The van der Waals surface area contributed by atoms with Gasteiger partial charge in [0.1, 0.15) is 5.75 Å². The molecule has 24 heavy (non-hydrogen) atoms. The fourth-order valence-electron chi connectivity index (χ4n) is 2.24. The maximum absolute atomic E-state index is 12.3. The number of carbonyl (C=O) groups excluding carboxylic acids is 1. The van der Waals surface area contributed by atoms with Gasteiger partial charge in [-0.15, -0.1) is 0 Å². The van der Waals surface area contributed by atoms with Crippen molar-refractivity contribution in [2.45, 2.75) is 11.3 Å². The topological polar surface area (TPSA) is 84.5 Å². The molecule has 0 aliphatic carbocycles. The van der Waals surface area contributed by atoms with Crippen molar-refractivity contribution in [3.63, 3.8) is 0 Å². The second-order valence-electron chi connectivity index (χ2n) is 5.06. The average Bonchev–Trinajstić information content (AvgIpc) is 2.98. The highest BCUT2D eigenvalue weighted by Gasteiger charge is 2.21. The van der Waals surface area contributed by atoms with Crippen molar-refractivity contribution in [3.05, 3.63) is 52.0 Å². The van der Waals surface area contributed by atoms with E-state index in [1.54, 1.807) is 6.07 Å². The van der Waals surface area contributed by atoms with Gasteiger partial charge in [-0.1, -0.05) is 23.2 Å². The molecule has 9 heteroatoms. The van der Waals surface area contributed by atoms with Gasteiger partial charge in [0.15, 0.2) is 0 Å². The number of fused-ring (bicyclic) bond motifs is 1. The highest BCUT2D eigenvalue weighted by Crippen LogP contribution is 2.28. The van der Waals surface area contributed by atoms with Crippen molar-refractivity contribution in [1.29, 1.82) is 0 Å². The minimum atomic E-state index is -4.00. The molecule has 0 saturated heterocycles. The molecule has 1 aliphatic rings. The first-order chi connectivity index (χ1) is 11.3. The Morgan fingerprint density at radius 1 is 1.08 bits per heavy atom. The summed E-state index contributed by atoms with van der Waals surface area (Å²) in [6, 6.07) is 7.99. The van der Waals surface area contributed by atoms with Gasteiger partial charge in [-0.05, 0) is 42.0 Å². The van der Waals surface area contributed by atoms with E-state index in [1.165, 1.54) is 30.3 Å². The molecule has 0 saturated carbocycles. The molecule has 2 amide bonds. The highest BCUT2D eigenvalue weighted by molar-refractivity contribution is 7.90. The van der Waals surface area contributed by atoms with Gasteiger partial charge in [0, 0.05) is 12.1 Å². The fraction of sp³-hybridized carbons (Fsp3) is 0.133. The Kier molecular flexibility index (Phi) is 4.58. The maximum Gasteiger partial charge on any atom is 0.333 e. The van der Waals surface area contributed by atoms with Crippen LogP contribution in [0.5, 0.6) is 5.75 Å². The first kappa shape index (κ1) is 16.9. The molecule has 1 aliphatic heterocycles. The van der Waals surface area contributed by atoms with Crippen LogP contribution in [-0.2, 0) is 16.4 Å². The minimum absolute atomic E-state index is 0.00367. The predicted octanol–water partition coefficient (Wildman–Crippen LogP) is 3.44. The molecule has 1 heterocycles. The van der Waals surface area contributed by atoms with Crippen LogP contribution >= 0.6 is 23.2 Å². The number of rotatable bonds is 3. The Balaban J connectivity index is 1.74. The van der Waals surface area contributed by atoms with Crippen LogP contribution in [0.2, 0.25) is 10.0 Å². The van der Waals surface area contributed by atoms with Gasteiger partial charge in [0.2, 0.25) is 0 Å². The van der Waals surface area contributed by atoms with Crippen molar-refractivity contribution in [2.75, 3.05) is 11.9 Å². The zero-order valence-corrected chi connectivity index (χ0v) is 14.5. The number of amides is 2.